The Kier molecular flexibility index (Phi) is 5.26. The van der Waals surface area contributed by atoms with Crippen molar-refractivity contribution in [3.63, 3.8) is 0 Å². The molecule has 2 rings (SSSR count). The molecule has 2 nitrogen and oxygen atoms in total. The number of hydrogen-bond acceptors (Lipinski definition) is 2. The van der Waals surface area contributed by atoms with Crippen LogP contribution in [0.25, 0.3) is 0 Å². The average Bonchev–Trinajstić information content (AvgIpc) is 2.88. The highest BCUT2D eigenvalue weighted by Crippen LogP contribution is 2.25. The van der Waals surface area contributed by atoms with Crippen molar-refractivity contribution < 1.29 is 0 Å². The molecule has 0 saturated carbocycles. The highest BCUT2D eigenvalue weighted by Gasteiger charge is 2.24. The van der Waals surface area contributed by atoms with Crippen molar-refractivity contribution in [3.8, 4) is 0 Å². The molecule has 1 aromatic rings. The highest BCUT2D eigenvalue weighted by atomic mass is 35.5. The van der Waals surface area contributed by atoms with Gasteiger partial charge in [-0.3, -0.25) is 4.90 Å². The third-order valence-electron chi connectivity index (χ3n) is 4.11. The number of benzene rings is 1. The lowest BCUT2D eigenvalue weighted by molar-refractivity contribution is 0.150. The second kappa shape index (κ2) is 6.74. The van der Waals surface area contributed by atoms with E-state index >= 15 is 0 Å². The van der Waals surface area contributed by atoms with Gasteiger partial charge in [0.1, 0.15) is 0 Å². The standard InChI is InChI=1S/C16H25ClN2/c1-12(2)19(11-16-5-4-10-18-16)13(3)14-6-8-15(17)9-7-14/h6-9,12-13,16,18H,4-5,10-11H2,1-3H3. The molecule has 1 aliphatic rings. The Morgan fingerprint density at radius 3 is 2.47 bits per heavy atom. The van der Waals surface area contributed by atoms with Crippen LogP contribution in [0.2, 0.25) is 5.02 Å². The first-order valence-corrected chi connectivity index (χ1v) is 7.70. The fourth-order valence-electron chi connectivity index (χ4n) is 2.92. The van der Waals surface area contributed by atoms with E-state index in [2.05, 4.69) is 43.1 Å². The zero-order valence-corrected chi connectivity index (χ0v) is 13.0. The van der Waals surface area contributed by atoms with E-state index in [1.165, 1.54) is 24.9 Å². The molecule has 2 atom stereocenters. The summed E-state index contributed by atoms with van der Waals surface area (Å²) in [6.45, 7) is 9.15. The minimum absolute atomic E-state index is 0.430. The monoisotopic (exact) mass is 280 g/mol. The van der Waals surface area contributed by atoms with Crippen molar-refractivity contribution in [3.05, 3.63) is 34.9 Å². The van der Waals surface area contributed by atoms with Crippen LogP contribution in [0.4, 0.5) is 0 Å². The summed E-state index contributed by atoms with van der Waals surface area (Å²) < 4.78 is 0. The molecule has 0 radical (unpaired) electrons. The van der Waals surface area contributed by atoms with Gasteiger partial charge in [0.2, 0.25) is 0 Å². The van der Waals surface area contributed by atoms with E-state index in [-0.39, 0.29) is 0 Å². The number of halogens is 1. The maximum absolute atomic E-state index is 5.97. The summed E-state index contributed by atoms with van der Waals surface area (Å²) in [7, 11) is 0. The normalized spacial score (nSPS) is 21.3. The SMILES string of the molecule is CC(C)N(CC1CCCN1)C(C)c1ccc(Cl)cc1. The van der Waals surface area contributed by atoms with Gasteiger partial charge in [-0.15, -0.1) is 0 Å². The first kappa shape index (κ1) is 14.8. The van der Waals surface area contributed by atoms with Crippen LogP contribution in [0.3, 0.4) is 0 Å². The molecule has 0 aromatic heterocycles. The molecular formula is C16H25ClN2. The minimum Gasteiger partial charge on any atom is -0.313 e. The quantitative estimate of drug-likeness (QED) is 0.881. The van der Waals surface area contributed by atoms with Crippen molar-refractivity contribution in [2.24, 2.45) is 0 Å². The van der Waals surface area contributed by atoms with E-state index in [4.69, 9.17) is 11.6 Å². The Morgan fingerprint density at radius 2 is 1.95 bits per heavy atom. The molecule has 2 unspecified atom stereocenters. The Hall–Kier alpha value is -0.570. The van der Waals surface area contributed by atoms with Crippen LogP contribution in [-0.2, 0) is 0 Å². The molecule has 106 valence electrons. The predicted molar refractivity (Wildman–Crippen MR) is 82.7 cm³/mol. The largest absolute Gasteiger partial charge is 0.313 e. The maximum atomic E-state index is 5.97. The first-order valence-electron chi connectivity index (χ1n) is 7.32. The summed E-state index contributed by atoms with van der Waals surface area (Å²) in [6.07, 6.45) is 2.61. The number of nitrogens with one attached hydrogen (secondary N) is 1. The fraction of sp³-hybridized carbons (Fsp3) is 0.625. The topological polar surface area (TPSA) is 15.3 Å². The third kappa shape index (κ3) is 3.95. The van der Waals surface area contributed by atoms with Gasteiger partial charge in [-0.1, -0.05) is 23.7 Å². The fourth-order valence-corrected chi connectivity index (χ4v) is 3.04. The van der Waals surface area contributed by atoms with E-state index in [9.17, 15) is 0 Å². The molecule has 0 spiro atoms. The van der Waals surface area contributed by atoms with Gasteiger partial charge in [0.15, 0.2) is 0 Å². The number of rotatable bonds is 5. The molecule has 1 heterocycles. The zero-order valence-electron chi connectivity index (χ0n) is 12.2. The van der Waals surface area contributed by atoms with Crippen molar-refractivity contribution in [2.45, 2.75) is 51.7 Å². The molecule has 0 aliphatic carbocycles. The molecule has 1 N–H and O–H groups in total. The Labute approximate surface area is 122 Å². The smallest absolute Gasteiger partial charge is 0.0406 e. The first-order chi connectivity index (χ1) is 9.08. The molecule has 1 fully saturated rings. The van der Waals surface area contributed by atoms with Gasteiger partial charge in [-0.25, -0.2) is 0 Å². The second-order valence-corrected chi connectivity index (χ2v) is 6.25. The van der Waals surface area contributed by atoms with Crippen molar-refractivity contribution >= 4 is 11.6 Å². The molecule has 3 heteroatoms. The molecule has 1 aliphatic heterocycles. The van der Waals surface area contributed by atoms with Crippen LogP contribution < -0.4 is 5.32 Å². The van der Waals surface area contributed by atoms with E-state index in [0.29, 0.717) is 18.1 Å². The van der Waals surface area contributed by atoms with Gasteiger partial charge in [0.25, 0.3) is 0 Å². The van der Waals surface area contributed by atoms with E-state index in [1.54, 1.807) is 0 Å². The Balaban J connectivity index is 2.06. The summed E-state index contributed by atoms with van der Waals surface area (Å²) in [6, 6.07) is 9.89. The summed E-state index contributed by atoms with van der Waals surface area (Å²) in [4.78, 5) is 2.58. The van der Waals surface area contributed by atoms with Crippen LogP contribution in [-0.4, -0.2) is 30.1 Å². The maximum Gasteiger partial charge on any atom is 0.0406 e. The van der Waals surface area contributed by atoms with Crippen molar-refractivity contribution in [2.75, 3.05) is 13.1 Å². The van der Waals surface area contributed by atoms with Crippen LogP contribution in [0.1, 0.15) is 45.2 Å². The highest BCUT2D eigenvalue weighted by molar-refractivity contribution is 6.30. The molecular weight excluding hydrogens is 256 g/mol. The number of nitrogens with zero attached hydrogens (tertiary/aromatic N) is 1. The van der Waals surface area contributed by atoms with Crippen LogP contribution in [0.15, 0.2) is 24.3 Å². The lowest BCUT2D eigenvalue weighted by Gasteiger charge is -2.35. The Morgan fingerprint density at radius 1 is 1.26 bits per heavy atom. The molecule has 1 aromatic carbocycles. The van der Waals surface area contributed by atoms with Gasteiger partial charge >= 0.3 is 0 Å². The van der Waals surface area contributed by atoms with Crippen molar-refractivity contribution in [1.82, 2.24) is 10.2 Å². The van der Waals surface area contributed by atoms with E-state index in [1.807, 2.05) is 12.1 Å². The van der Waals surface area contributed by atoms with Gasteiger partial charge in [0.05, 0.1) is 0 Å². The number of hydrogen-bond donors (Lipinski definition) is 1. The third-order valence-corrected chi connectivity index (χ3v) is 4.36. The molecule has 0 amide bonds. The van der Waals surface area contributed by atoms with Gasteiger partial charge in [0, 0.05) is 29.7 Å². The molecule has 19 heavy (non-hydrogen) atoms. The van der Waals surface area contributed by atoms with E-state index < -0.39 is 0 Å². The summed E-state index contributed by atoms with van der Waals surface area (Å²) in [5.74, 6) is 0. The molecule has 0 bridgehead atoms. The van der Waals surface area contributed by atoms with Gasteiger partial charge in [-0.2, -0.15) is 0 Å². The zero-order chi connectivity index (χ0) is 13.8. The second-order valence-electron chi connectivity index (χ2n) is 5.81. The van der Waals surface area contributed by atoms with Gasteiger partial charge in [-0.05, 0) is 57.9 Å². The lowest BCUT2D eigenvalue weighted by Crippen LogP contribution is -2.42. The van der Waals surface area contributed by atoms with Crippen LogP contribution >= 0.6 is 11.6 Å². The lowest BCUT2D eigenvalue weighted by atomic mass is 10.0. The average molecular weight is 281 g/mol. The predicted octanol–water partition coefficient (Wildman–Crippen LogP) is 3.86. The minimum atomic E-state index is 0.430. The van der Waals surface area contributed by atoms with Crippen LogP contribution in [0, 0.1) is 0 Å². The van der Waals surface area contributed by atoms with E-state index in [0.717, 1.165) is 11.6 Å². The van der Waals surface area contributed by atoms with Crippen molar-refractivity contribution in [1.29, 1.82) is 0 Å². The summed E-state index contributed by atoms with van der Waals surface area (Å²) in [5.41, 5.74) is 1.34. The molecule has 1 saturated heterocycles. The summed E-state index contributed by atoms with van der Waals surface area (Å²) >= 11 is 5.97. The summed E-state index contributed by atoms with van der Waals surface area (Å²) in [5, 5.41) is 4.40. The Bertz CT molecular complexity index is 382. The van der Waals surface area contributed by atoms with Gasteiger partial charge < -0.3 is 5.32 Å². The van der Waals surface area contributed by atoms with Crippen LogP contribution in [0.5, 0.6) is 0 Å².